The number of benzene rings is 1. The molecule has 2 N–H and O–H groups in total. The van der Waals surface area contributed by atoms with Crippen molar-refractivity contribution in [1.82, 2.24) is 0 Å². The lowest BCUT2D eigenvalue weighted by molar-refractivity contribution is -0.138. The zero-order chi connectivity index (χ0) is 25.5. The number of rotatable bonds is 11. The SMILES string of the molecule is C=C(C)CN=C1CCC(C)/C1=C(/N)C(=O)OCC.CCCCC(CCC)Oc1ccccc1C. The number of esters is 1. The van der Waals surface area contributed by atoms with Crippen molar-refractivity contribution in [2.45, 2.75) is 92.6 Å². The minimum absolute atomic E-state index is 0.210. The van der Waals surface area contributed by atoms with Crippen molar-refractivity contribution >= 4 is 11.7 Å². The van der Waals surface area contributed by atoms with E-state index in [0.717, 1.165) is 41.9 Å². The molecule has 2 atom stereocenters. The monoisotopic (exact) mass is 470 g/mol. The molecule has 1 aromatic carbocycles. The van der Waals surface area contributed by atoms with Crippen molar-refractivity contribution < 1.29 is 14.3 Å². The van der Waals surface area contributed by atoms with Crippen molar-refractivity contribution in [3.05, 3.63) is 53.3 Å². The van der Waals surface area contributed by atoms with Gasteiger partial charge in [-0.3, -0.25) is 4.99 Å². The number of ether oxygens (including phenoxy) is 2. The van der Waals surface area contributed by atoms with Gasteiger partial charge < -0.3 is 15.2 Å². The van der Waals surface area contributed by atoms with Crippen molar-refractivity contribution in [2.75, 3.05) is 13.2 Å². The molecule has 2 rings (SSSR count). The van der Waals surface area contributed by atoms with E-state index in [2.05, 4.69) is 57.5 Å². The topological polar surface area (TPSA) is 73.9 Å². The molecule has 1 fully saturated rings. The highest BCUT2D eigenvalue weighted by Crippen LogP contribution is 2.30. The first-order chi connectivity index (χ1) is 16.2. The predicted octanol–water partition coefficient (Wildman–Crippen LogP) is 6.94. The summed E-state index contributed by atoms with van der Waals surface area (Å²) in [6.07, 6.45) is 8.28. The Morgan fingerprint density at radius 3 is 2.50 bits per heavy atom. The number of nitrogens with zero attached hydrogens (tertiary/aromatic N) is 1. The molecule has 1 aliphatic carbocycles. The predicted molar refractivity (Wildman–Crippen MR) is 143 cm³/mol. The van der Waals surface area contributed by atoms with Gasteiger partial charge in [0.1, 0.15) is 11.4 Å². The number of carbonyl (C=O) groups excluding carboxylic acids is 1. The number of carbonyl (C=O) groups is 1. The van der Waals surface area contributed by atoms with Gasteiger partial charge in [-0.1, -0.05) is 70.4 Å². The van der Waals surface area contributed by atoms with Crippen LogP contribution in [-0.2, 0) is 9.53 Å². The van der Waals surface area contributed by atoms with Crippen LogP contribution in [0.15, 0.2) is 52.7 Å². The highest BCUT2D eigenvalue weighted by atomic mass is 16.5. The Kier molecular flexibility index (Phi) is 14.0. The minimum atomic E-state index is -0.440. The number of hydrogen-bond acceptors (Lipinski definition) is 5. The first-order valence-corrected chi connectivity index (χ1v) is 12.8. The number of aliphatic imine (C=N–C) groups is 1. The van der Waals surface area contributed by atoms with Crippen LogP contribution in [0.5, 0.6) is 5.75 Å². The summed E-state index contributed by atoms with van der Waals surface area (Å²) in [5.41, 5.74) is 10.1. The van der Waals surface area contributed by atoms with Crippen LogP contribution < -0.4 is 10.5 Å². The van der Waals surface area contributed by atoms with Crippen LogP contribution in [0.2, 0.25) is 0 Å². The molecule has 0 bridgehead atoms. The van der Waals surface area contributed by atoms with Gasteiger partial charge in [-0.25, -0.2) is 4.79 Å². The maximum atomic E-state index is 11.7. The summed E-state index contributed by atoms with van der Waals surface area (Å²) in [5.74, 6) is 0.875. The van der Waals surface area contributed by atoms with E-state index in [1.54, 1.807) is 6.92 Å². The molecule has 190 valence electrons. The Morgan fingerprint density at radius 2 is 1.91 bits per heavy atom. The van der Waals surface area contributed by atoms with E-state index in [0.29, 0.717) is 19.3 Å². The summed E-state index contributed by atoms with van der Waals surface area (Å²) in [7, 11) is 0. The van der Waals surface area contributed by atoms with E-state index >= 15 is 0 Å². The molecule has 1 aliphatic rings. The zero-order valence-corrected chi connectivity index (χ0v) is 22.3. The van der Waals surface area contributed by atoms with E-state index < -0.39 is 5.97 Å². The lowest BCUT2D eigenvalue weighted by Gasteiger charge is -2.19. The van der Waals surface area contributed by atoms with Gasteiger partial charge in [0, 0.05) is 11.3 Å². The average molecular weight is 471 g/mol. The van der Waals surface area contributed by atoms with Gasteiger partial charge in [-0.05, 0) is 64.0 Å². The van der Waals surface area contributed by atoms with Gasteiger partial charge in [0.15, 0.2) is 0 Å². The quantitative estimate of drug-likeness (QED) is 0.216. The van der Waals surface area contributed by atoms with Crippen molar-refractivity contribution in [1.29, 1.82) is 0 Å². The molecule has 34 heavy (non-hydrogen) atoms. The Morgan fingerprint density at radius 1 is 1.21 bits per heavy atom. The molecular formula is C29H46N2O3. The van der Waals surface area contributed by atoms with E-state index in [4.69, 9.17) is 15.2 Å². The maximum absolute atomic E-state index is 11.7. The fraction of sp³-hybridized carbons (Fsp3) is 0.586. The van der Waals surface area contributed by atoms with Crippen LogP contribution in [0, 0.1) is 12.8 Å². The molecule has 0 saturated heterocycles. The summed E-state index contributed by atoms with van der Waals surface area (Å²) in [6, 6.07) is 8.29. The van der Waals surface area contributed by atoms with Crippen molar-refractivity contribution in [3.8, 4) is 5.75 Å². The maximum Gasteiger partial charge on any atom is 0.354 e. The second-order valence-corrected chi connectivity index (χ2v) is 9.14. The van der Waals surface area contributed by atoms with Gasteiger partial charge >= 0.3 is 5.97 Å². The summed E-state index contributed by atoms with van der Waals surface area (Å²) in [6.45, 7) is 17.1. The number of allylic oxidation sites excluding steroid dienone is 1. The Balaban J connectivity index is 0.000000342. The third-order valence-electron chi connectivity index (χ3n) is 5.82. The first kappa shape index (κ1) is 29.5. The van der Waals surface area contributed by atoms with Gasteiger partial charge in [-0.15, -0.1) is 0 Å². The fourth-order valence-corrected chi connectivity index (χ4v) is 3.94. The molecule has 0 spiro atoms. The van der Waals surface area contributed by atoms with Crippen molar-refractivity contribution in [3.63, 3.8) is 0 Å². The summed E-state index contributed by atoms with van der Waals surface area (Å²) in [5, 5.41) is 0. The van der Waals surface area contributed by atoms with E-state index in [1.165, 1.54) is 31.2 Å². The van der Waals surface area contributed by atoms with Crippen LogP contribution in [0.1, 0.15) is 85.1 Å². The van der Waals surface area contributed by atoms with Crippen LogP contribution in [0.3, 0.4) is 0 Å². The first-order valence-electron chi connectivity index (χ1n) is 12.8. The van der Waals surface area contributed by atoms with Gasteiger partial charge in [-0.2, -0.15) is 0 Å². The molecule has 0 amide bonds. The second kappa shape index (κ2) is 16.1. The highest BCUT2D eigenvalue weighted by molar-refractivity contribution is 6.08. The minimum Gasteiger partial charge on any atom is -0.490 e. The molecule has 5 nitrogen and oxygen atoms in total. The Bertz CT molecular complexity index is 842. The lowest BCUT2D eigenvalue weighted by Crippen LogP contribution is -2.20. The second-order valence-electron chi connectivity index (χ2n) is 9.14. The van der Waals surface area contributed by atoms with Gasteiger partial charge in [0.25, 0.3) is 0 Å². The Hall–Kier alpha value is -2.56. The summed E-state index contributed by atoms with van der Waals surface area (Å²) in [4.78, 5) is 16.2. The number of para-hydroxylation sites is 1. The van der Waals surface area contributed by atoms with E-state index in [9.17, 15) is 4.79 Å². The van der Waals surface area contributed by atoms with Crippen molar-refractivity contribution in [2.24, 2.45) is 16.6 Å². The molecule has 1 aromatic rings. The van der Waals surface area contributed by atoms with Crippen LogP contribution in [0.4, 0.5) is 0 Å². The van der Waals surface area contributed by atoms with E-state index in [1.807, 2.05) is 13.0 Å². The Labute approximate surface area is 207 Å². The smallest absolute Gasteiger partial charge is 0.354 e. The third-order valence-corrected chi connectivity index (χ3v) is 5.82. The third kappa shape index (κ3) is 10.1. The lowest BCUT2D eigenvalue weighted by atomic mass is 10.0. The largest absolute Gasteiger partial charge is 0.490 e. The molecular weight excluding hydrogens is 424 g/mol. The fourth-order valence-electron chi connectivity index (χ4n) is 3.94. The molecule has 5 heteroatoms. The van der Waals surface area contributed by atoms with Crippen LogP contribution in [0.25, 0.3) is 0 Å². The summed E-state index contributed by atoms with van der Waals surface area (Å²) < 4.78 is 11.0. The van der Waals surface area contributed by atoms with E-state index in [-0.39, 0.29) is 11.6 Å². The molecule has 0 aliphatic heterocycles. The zero-order valence-electron chi connectivity index (χ0n) is 22.3. The number of unbranched alkanes of at least 4 members (excludes halogenated alkanes) is 1. The highest BCUT2D eigenvalue weighted by Gasteiger charge is 2.28. The average Bonchev–Trinajstić information content (AvgIpc) is 3.18. The van der Waals surface area contributed by atoms with Crippen LogP contribution >= 0.6 is 0 Å². The number of nitrogens with two attached hydrogens (primary N) is 1. The normalized spacial score (nSPS) is 18.6. The number of hydrogen-bond donors (Lipinski definition) is 1. The molecule has 2 unspecified atom stereocenters. The summed E-state index contributed by atoms with van der Waals surface area (Å²) >= 11 is 0. The standard InChI is InChI=1S/C15H24O.C14H22N2O2/c1-4-6-11-14(9-5-2)16-15-12-8-7-10-13(15)3;1-5-18-14(17)13(15)12-10(4)6-7-11(12)16-8-9(2)3/h7-8,10,12,14H,4-6,9,11H2,1-3H3;10H,2,5-8,15H2,1,3-4H3/b;13-12-,16-11?. The van der Waals surface area contributed by atoms with Gasteiger partial charge in [0.2, 0.25) is 0 Å². The number of aryl methyl sites for hydroxylation is 1. The molecule has 1 saturated carbocycles. The molecule has 0 aromatic heterocycles. The van der Waals surface area contributed by atoms with Crippen LogP contribution in [-0.4, -0.2) is 30.9 Å². The molecule has 0 radical (unpaired) electrons. The molecule has 0 heterocycles. The van der Waals surface area contributed by atoms with Gasteiger partial charge in [0.05, 0.1) is 19.3 Å².